The minimum Gasteiger partial charge on any atom is -0.468 e. The second-order valence-electron chi connectivity index (χ2n) is 7.29. The van der Waals surface area contributed by atoms with E-state index in [1.165, 1.54) is 14.2 Å². The van der Waals surface area contributed by atoms with Crippen molar-refractivity contribution in [2.45, 2.75) is 49.6 Å². The Kier molecular flexibility index (Phi) is 2.62. The molecule has 6 atom stereocenters. The summed E-state index contributed by atoms with van der Waals surface area (Å²) in [5, 5.41) is 0. The van der Waals surface area contributed by atoms with Gasteiger partial charge in [-0.3, -0.25) is 9.59 Å². The van der Waals surface area contributed by atoms with Crippen molar-refractivity contribution in [1.29, 1.82) is 0 Å². The van der Waals surface area contributed by atoms with E-state index in [1.807, 2.05) is 18.2 Å². The summed E-state index contributed by atoms with van der Waals surface area (Å²) in [5.74, 6) is -0.882. The average Bonchev–Trinajstić information content (AvgIpc) is 3.34. The highest BCUT2D eigenvalue weighted by Gasteiger charge is 2.91. The highest BCUT2D eigenvalue weighted by Crippen LogP contribution is 2.76. The molecule has 0 N–H and O–H groups in total. The molecule has 1 spiro atoms. The number of methoxy groups -OCH3 is 2. The Bertz CT molecular complexity index is 710. The van der Waals surface area contributed by atoms with Gasteiger partial charge >= 0.3 is 11.9 Å². The second-order valence-corrected chi connectivity index (χ2v) is 7.29. The molecule has 0 aromatic rings. The molecule has 4 aliphatic heterocycles. The lowest BCUT2D eigenvalue weighted by atomic mass is 9.45. The smallest absolute Gasteiger partial charge is 0.319 e. The van der Waals surface area contributed by atoms with E-state index < -0.39 is 46.7 Å². The van der Waals surface area contributed by atoms with Gasteiger partial charge in [-0.15, -0.1) is 0 Å². The van der Waals surface area contributed by atoms with Gasteiger partial charge in [0.1, 0.15) is 11.0 Å². The average molecular weight is 332 g/mol. The Morgan fingerprint density at radius 3 is 2.58 bits per heavy atom. The van der Waals surface area contributed by atoms with Gasteiger partial charge in [0.2, 0.25) is 0 Å². The van der Waals surface area contributed by atoms with Crippen LogP contribution in [0.1, 0.15) is 25.7 Å². The maximum Gasteiger partial charge on any atom is 0.319 e. The van der Waals surface area contributed by atoms with Crippen LogP contribution in [0.5, 0.6) is 0 Å². The normalized spacial score (nSPS) is 49.6. The van der Waals surface area contributed by atoms with Crippen LogP contribution >= 0.6 is 0 Å². The number of esters is 2. The van der Waals surface area contributed by atoms with E-state index in [-0.39, 0.29) is 0 Å². The summed E-state index contributed by atoms with van der Waals surface area (Å²) in [6.07, 6.45) is 7.80. The Hall–Kier alpha value is -1.66. The highest BCUT2D eigenvalue weighted by atomic mass is 16.6. The summed E-state index contributed by atoms with van der Waals surface area (Å²) in [6, 6.07) is 0. The Labute approximate surface area is 139 Å². The van der Waals surface area contributed by atoms with Gasteiger partial charge in [0.25, 0.3) is 0 Å². The molecule has 4 heterocycles. The highest BCUT2D eigenvalue weighted by molar-refractivity contribution is 5.96. The van der Waals surface area contributed by atoms with Gasteiger partial charge in [0.15, 0.2) is 5.41 Å². The first-order chi connectivity index (χ1) is 11.6. The van der Waals surface area contributed by atoms with Crippen LogP contribution < -0.4 is 0 Å². The predicted molar refractivity (Wildman–Crippen MR) is 80.9 cm³/mol. The zero-order valence-corrected chi connectivity index (χ0v) is 13.7. The largest absolute Gasteiger partial charge is 0.468 e. The first-order valence-corrected chi connectivity index (χ1v) is 8.49. The zero-order valence-electron chi connectivity index (χ0n) is 13.7. The molecule has 4 bridgehead atoms. The number of hydrogen-bond acceptors (Lipinski definition) is 6. The van der Waals surface area contributed by atoms with Crippen molar-refractivity contribution in [1.82, 2.24) is 0 Å². The van der Waals surface area contributed by atoms with Crippen LogP contribution in [0.2, 0.25) is 0 Å². The molecule has 6 heteroatoms. The van der Waals surface area contributed by atoms with Crippen molar-refractivity contribution in [2.75, 3.05) is 14.2 Å². The fourth-order valence-electron chi connectivity index (χ4n) is 6.14. The van der Waals surface area contributed by atoms with E-state index in [2.05, 4.69) is 0 Å². The van der Waals surface area contributed by atoms with Gasteiger partial charge in [-0.2, -0.15) is 0 Å². The molecular weight excluding hydrogens is 312 g/mol. The molecule has 0 radical (unpaired) electrons. The minimum absolute atomic E-state index is 0.431. The standard InChI is InChI=1S/C18H20O6/c1-21-14(19)17-11-6-7-12(23-11)18(17,15(20)22-2)16-8-4-3-5-10(16)9-13(17)24-16/h6-7,9,11-13H,3-5,8H2,1-2H3/t11-,12+,13+,16-,17+,18+/m0/s1. The fourth-order valence-corrected chi connectivity index (χ4v) is 6.14. The number of carbonyl (C=O) groups is 2. The summed E-state index contributed by atoms with van der Waals surface area (Å²) in [4.78, 5) is 26.3. The molecule has 1 aliphatic carbocycles. The Morgan fingerprint density at radius 1 is 1.08 bits per heavy atom. The quantitative estimate of drug-likeness (QED) is 0.561. The lowest BCUT2D eigenvalue weighted by molar-refractivity contribution is -0.180. The fraction of sp³-hybridized carbons (Fsp3) is 0.667. The molecule has 0 amide bonds. The number of hydrogen-bond donors (Lipinski definition) is 0. The molecular formula is C18H20O6. The molecule has 6 nitrogen and oxygen atoms in total. The summed E-state index contributed by atoms with van der Waals surface area (Å²) in [7, 11) is 2.72. The van der Waals surface area contributed by atoms with Crippen LogP contribution in [0.3, 0.4) is 0 Å². The van der Waals surface area contributed by atoms with Crippen molar-refractivity contribution in [2.24, 2.45) is 10.8 Å². The third-order valence-corrected chi connectivity index (χ3v) is 6.82. The summed E-state index contributed by atoms with van der Waals surface area (Å²) >= 11 is 0. The van der Waals surface area contributed by atoms with Gasteiger partial charge < -0.3 is 18.9 Å². The van der Waals surface area contributed by atoms with Crippen molar-refractivity contribution in [3.8, 4) is 0 Å². The molecule has 0 unspecified atom stereocenters. The van der Waals surface area contributed by atoms with Crippen LogP contribution in [-0.2, 0) is 28.5 Å². The number of fused-ring (bicyclic) bond motifs is 7. The molecule has 0 aromatic carbocycles. The maximum atomic E-state index is 13.2. The van der Waals surface area contributed by atoms with Crippen LogP contribution in [-0.4, -0.2) is 50.1 Å². The Balaban J connectivity index is 1.85. The SMILES string of the molecule is COC(=O)[C@]12[C@@H]3C=C[C@@H](O3)[C@@]1(C(=O)OC)[C@]13CCCCC1=C[C@H]2O3. The molecule has 3 fully saturated rings. The molecule has 128 valence electrons. The second kappa shape index (κ2) is 4.29. The molecule has 24 heavy (non-hydrogen) atoms. The van der Waals surface area contributed by atoms with E-state index in [1.54, 1.807) is 0 Å². The van der Waals surface area contributed by atoms with Gasteiger partial charge in [0.05, 0.1) is 32.5 Å². The number of ether oxygens (including phenoxy) is 4. The van der Waals surface area contributed by atoms with Gasteiger partial charge in [-0.1, -0.05) is 18.2 Å². The lowest BCUT2D eigenvalue weighted by Gasteiger charge is -2.51. The summed E-state index contributed by atoms with van der Waals surface area (Å²) in [6.45, 7) is 0. The summed E-state index contributed by atoms with van der Waals surface area (Å²) in [5.41, 5.74) is -2.10. The first kappa shape index (κ1) is 14.7. The third-order valence-electron chi connectivity index (χ3n) is 6.82. The number of rotatable bonds is 2. The zero-order chi connectivity index (χ0) is 16.7. The van der Waals surface area contributed by atoms with E-state index in [4.69, 9.17) is 18.9 Å². The third kappa shape index (κ3) is 1.12. The Morgan fingerprint density at radius 2 is 1.83 bits per heavy atom. The van der Waals surface area contributed by atoms with Crippen molar-refractivity contribution in [3.63, 3.8) is 0 Å². The van der Waals surface area contributed by atoms with E-state index in [9.17, 15) is 9.59 Å². The molecule has 5 aliphatic rings. The molecule has 0 aromatic heterocycles. The minimum atomic E-state index is -1.20. The molecule has 2 saturated heterocycles. The van der Waals surface area contributed by atoms with Gasteiger partial charge in [-0.05, 0) is 31.3 Å². The monoisotopic (exact) mass is 332 g/mol. The van der Waals surface area contributed by atoms with Crippen LogP contribution in [0.4, 0.5) is 0 Å². The predicted octanol–water partition coefficient (Wildman–Crippen LogP) is 1.29. The van der Waals surface area contributed by atoms with Gasteiger partial charge in [0, 0.05) is 0 Å². The first-order valence-electron chi connectivity index (χ1n) is 8.49. The molecule has 5 rings (SSSR count). The lowest BCUT2D eigenvalue weighted by Crippen LogP contribution is -2.68. The topological polar surface area (TPSA) is 71.1 Å². The van der Waals surface area contributed by atoms with Crippen molar-refractivity contribution < 1.29 is 28.5 Å². The summed E-state index contributed by atoms with van der Waals surface area (Å²) < 4.78 is 23.0. The van der Waals surface area contributed by atoms with E-state index in [0.29, 0.717) is 6.42 Å². The van der Waals surface area contributed by atoms with Crippen LogP contribution in [0.25, 0.3) is 0 Å². The van der Waals surface area contributed by atoms with Gasteiger partial charge in [-0.25, -0.2) is 0 Å². The van der Waals surface area contributed by atoms with Crippen LogP contribution in [0, 0.1) is 10.8 Å². The van der Waals surface area contributed by atoms with E-state index in [0.717, 1.165) is 24.8 Å². The van der Waals surface area contributed by atoms with Crippen molar-refractivity contribution in [3.05, 3.63) is 23.8 Å². The maximum absolute atomic E-state index is 13.2. The van der Waals surface area contributed by atoms with E-state index >= 15 is 0 Å². The van der Waals surface area contributed by atoms with Crippen molar-refractivity contribution >= 4 is 11.9 Å². The van der Waals surface area contributed by atoms with Crippen LogP contribution in [0.15, 0.2) is 23.8 Å². The molecule has 1 saturated carbocycles. The number of carbonyl (C=O) groups excluding carboxylic acids is 2.